The minimum Gasteiger partial charge on any atom is -0.505 e. The number of aromatic hydroxyl groups is 1. The largest absolute Gasteiger partial charge is 0.505 e. The summed E-state index contributed by atoms with van der Waals surface area (Å²) in [5.41, 5.74) is 0.719. The van der Waals surface area contributed by atoms with Crippen LogP contribution in [0.5, 0.6) is 11.5 Å². The molecule has 0 bridgehead atoms. The number of methoxy groups -OCH3 is 1. The first-order valence-electron chi connectivity index (χ1n) is 8.28. The van der Waals surface area contributed by atoms with E-state index in [4.69, 9.17) is 15.4 Å². The summed E-state index contributed by atoms with van der Waals surface area (Å²) in [5.74, 6) is -0.258. The molecule has 0 spiro atoms. The summed E-state index contributed by atoms with van der Waals surface area (Å²) in [4.78, 5) is 11.3. The number of phenols is 1. The third-order valence-corrected chi connectivity index (χ3v) is 5.40. The Morgan fingerprint density at radius 1 is 1.07 bits per heavy atom. The first-order chi connectivity index (χ1) is 13.7. The second kappa shape index (κ2) is 8.06. The van der Waals surface area contributed by atoms with Gasteiger partial charge in [-0.1, -0.05) is 18.2 Å². The fourth-order valence-corrected chi connectivity index (χ4v) is 3.86. The van der Waals surface area contributed by atoms with Gasteiger partial charge in [-0.15, -0.1) is 10.2 Å². The molecule has 3 aromatic rings. The van der Waals surface area contributed by atoms with Crippen LogP contribution in [0.1, 0.15) is 6.92 Å². The molecular formula is C19H16ClN3O5S. The van der Waals surface area contributed by atoms with E-state index in [1.807, 2.05) is 0 Å². The maximum atomic E-state index is 11.9. The van der Waals surface area contributed by atoms with Crippen LogP contribution in [0.25, 0.3) is 10.8 Å². The number of phenolic OH excluding ortho intramolecular Hbond substituents is 1. The molecule has 0 saturated heterocycles. The van der Waals surface area contributed by atoms with Crippen molar-refractivity contribution in [3.05, 3.63) is 48.5 Å². The zero-order chi connectivity index (χ0) is 21.2. The quantitative estimate of drug-likeness (QED) is 0.440. The standard InChI is InChI=1S/C19H16ClN3O5S/c1-11(24)21-14-9-10-17(29(20,26)27)12-7-8-15(19(25)18(12)14)23-22-13-5-3-4-6-16(13)28-2/h3-10,25H,1-2H3,(H,21,24)/b23-22+. The number of carbonyl (C=O) groups is 1. The lowest BCUT2D eigenvalue weighted by Gasteiger charge is -2.12. The predicted molar refractivity (Wildman–Crippen MR) is 110 cm³/mol. The van der Waals surface area contributed by atoms with E-state index in [1.165, 1.54) is 38.3 Å². The molecule has 2 N–H and O–H groups in total. The van der Waals surface area contributed by atoms with Crippen LogP contribution in [0, 0.1) is 0 Å². The molecule has 3 rings (SSSR count). The Morgan fingerprint density at radius 2 is 1.76 bits per heavy atom. The number of ether oxygens (including phenoxy) is 1. The summed E-state index contributed by atoms with van der Waals surface area (Å²) in [7, 11) is 2.91. The maximum absolute atomic E-state index is 11.9. The number of carbonyl (C=O) groups excluding carboxylic acids is 1. The van der Waals surface area contributed by atoms with Crippen LogP contribution in [0.15, 0.2) is 63.7 Å². The van der Waals surface area contributed by atoms with E-state index in [-0.39, 0.29) is 32.8 Å². The van der Waals surface area contributed by atoms with Crippen molar-refractivity contribution in [2.75, 3.05) is 12.4 Å². The predicted octanol–water partition coefficient (Wildman–Crippen LogP) is 4.86. The van der Waals surface area contributed by atoms with Crippen LogP contribution in [-0.2, 0) is 13.8 Å². The SMILES string of the molecule is COc1ccccc1/N=N/c1ccc2c(S(=O)(=O)Cl)ccc(NC(C)=O)c2c1O. The van der Waals surface area contributed by atoms with Crippen molar-refractivity contribution in [1.29, 1.82) is 0 Å². The van der Waals surface area contributed by atoms with Gasteiger partial charge in [-0.2, -0.15) is 0 Å². The second-order valence-corrected chi connectivity index (χ2v) is 8.49. The number of para-hydroxylation sites is 1. The van der Waals surface area contributed by atoms with Gasteiger partial charge in [0, 0.05) is 23.0 Å². The molecule has 0 aromatic heterocycles. The Kier molecular flexibility index (Phi) is 5.71. The van der Waals surface area contributed by atoms with Crippen molar-refractivity contribution >= 4 is 53.5 Å². The molecule has 0 unspecified atom stereocenters. The van der Waals surface area contributed by atoms with Gasteiger partial charge in [-0.05, 0) is 30.3 Å². The summed E-state index contributed by atoms with van der Waals surface area (Å²) in [6, 6.07) is 12.4. The number of azo groups is 1. The fourth-order valence-electron chi connectivity index (χ4n) is 2.80. The normalized spacial score (nSPS) is 11.7. The van der Waals surface area contributed by atoms with Gasteiger partial charge < -0.3 is 15.2 Å². The minimum absolute atomic E-state index is 0.0686. The van der Waals surface area contributed by atoms with E-state index >= 15 is 0 Å². The van der Waals surface area contributed by atoms with E-state index < -0.39 is 15.0 Å². The summed E-state index contributed by atoms with van der Waals surface area (Å²) >= 11 is 0. The van der Waals surface area contributed by atoms with Gasteiger partial charge in [0.05, 0.1) is 23.1 Å². The van der Waals surface area contributed by atoms with Crippen LogP contribution >= 0.6 is 10.7 Å². The lowest BCUT2D eigenvalue weighted by atomic mass is 10.1. The molecule has 0 aliphatic carbocycles. The molecule has 0 saturated carbocycles. The highest BCUT2D eigenvalue weighted by molar-refractivity contribution is 8.14. The zero-order valence-electron chi connectivity index (χ0n) is 15.4. The van der Waals surface area contributed by atoms with Crippen LogP contribution in [0.3, 0.4) is 0 Å². The Labute approximate surface area is 171 Å². The monoisotopic (exact) mass is 433 g/mol. The van der Waals surface area contributed by atoms with Gasteiger partial charge in [0.15, 0.2) is 5.75 Å². The van der Waals surface area contributed by atoms with Crippen molar-refractivity contribution in [3.63, 3.8) is 0 Å². The molecule has 0 atom stereocenters. The molecule has 0 heterocycles. The number of hydrogen-bond donors (Lipinski definition) is 2. The number of nitrogens with zero attached hydrogens (tertiary/aromatic N) is 2. The molecule has 3 aromatic carbocycles. The Balaban J connectivity index is 2.22. The number of nitrogens with one attached hydrogen (secondary N) is 1. The van der Waals surface area contributed by atoms with Crippen LogP contribution in [0.4, 0.5) is 17.1 Å². The first-order valence-corrected chi connectivity index (χ1v) is 10.6. The van der Waals surface area contributed by atoms with Crippen molar-refractivity contribution < 1.29 is 23.1 Å². The first kappa shape index (κ1) is 20.6. The number of benzene rings is 3. The number of hydrogen-bond acceptors (Lipinski definition) is 7. The molecular weight excluding hydrogens is 418 g/mol. The van der Waals surface area contributed by atoms with E-state index in [0.717, 1.165) is 0 Å². The van der Waals surface area contributed by atoms with Crippen molar-refractivity contribution in [1.82, 2.24) is 0 Å². The van der Waals surface area contributed by atoms with Crippen molar-refractivity contribution in [2.24, 2.45) is 10.2 Å². The highest BCUT2D eigenvalue weighted by atomic mass is 35.7. The molecule has 0 radical (unpaired) electrons. The van der Waals surface area contributed by atoms with Crippen LogP contribution < -0.4 is 10.1 Å². The number of halogens is 1. The van der Waals surface area contributed by atoms with Gasteiger partial charge >= 0.3 is 0 Å². The number of anilines is 1. The van der Waals surface area contributed by atoms with Gasteiger partial charge in [-0.25, -0.2) is 8.42 Å². The molecule has 29 heavy (non-hydrogen) atoms. The average molecular weight is 434 g/mol. The summed E-state index contributed by atoms with van der Waals surface area (Å²) in [6.45, 7) is 1.29. The Bertz CT molecular complexity index is 1240. The number of amides is 1. The molecule has 10 heteroatoms. The second-order valence-electron chi connectivity index (χ2n) is 5.96. The summed E-state index contributed by atoms with van der Waals surface area (Å²) < 4.78 is 29.0. The van der Waals surface area contributed by atoms with E-state index in [1.54, 1.807) is 24.3 Å². The van der Waals surface area contributed by atoms with Crippen LogP contribution in [-0.4, -0.2) is 26.5 Å². The van der Waals surface area contributed by atoms with Gasteiger partial charge in [-0.3, -0.25) is 4.79 Å². The van der Waals surface area contributed by atoms with E-state index in [9.17, 15) is 18.3 Å². The Hall–Kier alpha value is -3.17. The topological polar surface area (TPSA) is 117 Å². The number of fused-ring (bicyclic) bond motifs is 1. The third kappa shape index (κ3) is 4.30. The molecule has 8 nitrogen and oxygen atoms in total. The maximum Gasteiger partial charge on any atom is 0.261 e. The lowest BCUT2D eigenvalue weighted by molar-refractivity contribution is -0.114. The fraction of sp³-hybridized carbons (Fsp3) is 0.105. The minimum atomic E-state index is -4.09. The molecule has 1 amide bonds. The van der Waals surface area contributed by atoms with Gasteiger partial charge in [0.25, 0.3) is 9.05 Å². The highest BCUT2D eigenvalue weighted by Gasteiger charge is 2.20. The highest BCUT2D eigenvalue weighted by Crippen LogP contribution is 2.43. The third-order valence-electron chi connectivity index (χ3n) is 4.02. The average Bonchev–Trinajstić information content (AvgIpc) is 2.66. The van der Waals surface area contributed by atoms with Crippen LogP contribution in [0.2, 0.25) is 0 Å². The summed E-state index contributed by atoms with van der Waals surface area (Å²) in [5, 5.41) is 21.7. The van der Waals surface area contributed by atoms with Crippen molar-refractivity contribution in [3.8, 4) is 11.5 Å². The molecule has 0 fully saturated rings. The molecule has 150 valence electrons. The number of rotatable bonds is 5. The van der Waals surface area contributed by atoms with Gasteiger partial charge in [0.1, 0.15) is 17.1 Å². The van der Waals surface area contributed by atoms with Gasteiger partial charge in [0.2, 0.25) is 5.91 Å². The molecule has 0 aliphatic heterocycles. The zero-order valence-corrected chi connectivity index (χ0v) is 17.0. The lowest BCUT2D eigenvalue weighted by Crippen LogP contribution is -2.07. The summed E-state index contributed by atoms with van der Waals surface area (Å²) in [6.07, 6.45) is 0. The van der Waals surface area contributed by atoms with E-state index in [2.05, 4.69) is 15.5 Å². The Morgan fingerprint density at radius 3 is 2.41 bits per heavy atom. The van der Waals surface area contributed by atoms with Crippen molar-refractivity contribution in [2.45, 2.75) is 11.8 Å². The van der Waals surface area contributed by atoms with E-state index in [0.29, 0.717) is 11.4 Å². The molecule has 0 aliphatic rings. The smallest absolute Gasteiger partial charge is 0.261 e.